The van der Waals surface area contributed by atoms with Crippen molar-refractivity contribution in [3.63, 3.8) is 0 Å². The van der Waals surface area contributed by atoms with Crippen LogP contribution in [0.3, 0.4) is 0 Å². The number of aromatic nitrogens is 3. The number of benzene rings is 1. The van der Waals surface area contributed by atoms with Gasteiger partial charge in [0.2, 0.25) is 0 Å². The van der Waals surface area contributed by atoms with E-state index in [-0.39, 0.29) is 30.6 Å². The number of rotatable bonds is 10. The van der Waals surface area contributed by atoms with E-state index in [2.05, 4.69) is 10.1 Å². The molecule has 2 heterocycles. The van der Waals surface area contributed by atoms with Crippen LogP contribution in [0.15, 0.2) is 30.5 Å². The second kappa shape index (κ2) is 10.4. The molecule has 3 rings (SSSR count). The smallest absolute Gasteiger partial charge is 0.413 e. The summed E-state index contributed by atoms with van der Waals surface area (Å²) in [5.41, 5.74) is 2.57. The van der Waals surface area contributed by atoms with Crippen molar-refractivity contribution in [1.82, 2.24) is 14.8 Å². The monoisotopic (exact) mass is 458 g/mol. The maximum absolute atomic E-state index is 11.8. The van der Waals surface area contributed by atoms with Crippen molar-refractivity contribution in [2.24, 2.45) is 5.92 Å². The van der Waals surface area contributed by atoms with Crippen molar-refractivity contribution in [1.29, 1.82) is 0 Å². The van der Waals surface area contributed by atoms with Crippen LogP contribution >= 0.6 is 11.3 Å². The fourth-order valence-electron chi connectivity index (χ4n) is 3.26. The van der Waals surface area contributed by atoms with Gasteiger partial charge in [-0.1, -0.05) is 37.3 Å². The number of aliphatic hydroxyl groups excluding tert-OH is 1. The average molecular weight is 459 g/mol. The highest BCUT2D eigenvalue weighted by molar-refractivity contribution is 7.17. The van der Waals surface area contributed by atoms with E-state index < -0.39 is 6.09 Å². The molecule has 0 saturated carbocycles. The molecule has 0 radical (unpaired) electrons. The third-order valence-corrected chi connectivity index (χ3v) is 5.71. The molecule has 0 aliphatic carbocycles. The summed E-state index contributed by atoms with van der Waals surface area (Å²) in [6.45, 7) is 4.45. The molecule has 0 saturated heterocycles. The highest BCUT2D eigenvalue weighted by Gasteiger charge is 2.25. The number of amides is 1. The number of nitrogens with zero attached hydrogens (tertiary/aromatic N) is 4. The molecule has 0 unspecified atom stereocenters. The highest BCUT2D eigenvalue weighted by Crippen LogP contribution is 2.34. The highest BCUT2D eigenvalue weighted by atomic mass is 32.1. The summed E-state index contributed by atoms with van der Waals surface area (Å²) in [5, 5.41) is 23.9. The van der Waals surface area contributed by atoms with Crippen molar-refractivity contribution in [3.8, 4) is 17.0 Å². The van der Waals surface area contributed by atoms with E-state index in [1.165, 1.54) is 0 Å². The van der Waals surface area contributed by atoms with Gasteiger partial charge in [-0.2, -0.15) is 5.10 Å². The van der Waals surface area contributed by atoms with Crippen LogP contribution in [0.5, 0.6) is 5.75 Å². The van der Waals surface area contributed by atoms with Gasteiger partial charge >= 0.3 is 6.09 Å². The van der Waals surface area contributed by atoms with Crippen LogP contribution in [0.1, 0.15) is 34.8 Å². The fourth-order valence-corrected chi connectivity index (χ4v) is 4.16. The van der Waals surface area contributed by atoms with Gasteiger partial charge in [-0.05, 0) is 23.6 Å². The second-order valence-corrected chi connectivity index (χ2v) is 8.63. The summed E-state index contributed by atoms with van der Waals surface area (Å²) >= 11 is 1.03. The first-order valence-electron chi connectivity index (χ1n) is 10.1. The van der Waals surface area contributed by atoms with E-state index in [1.54, 1.807) is 18.0 Å². The summed E-state index contributed by atoms with van der Waals surface area (Å²) < 4.78 is 6.91. The Bertz CT molecular complexity index is 1070. The standard InChI is InChI=1S/C22H26N4O5S/c1-14(2)10-26(22(29)30)21-23-20(19(13-28)32-21)17-12-25(24-18(17)8-9-27)11-15-4-6-16(31-3)7-5-15/h4-7,12-14,27H,8-11H2,1-3H3,(H,29,30). The Labute approximate surface area is 189 Å². The molecule has 9 nitrogen and oxygen atoms in total. The van der Waals surface area contributed by atoms with Gasteiger partial charge in [-0.25, -0.2) is 9.78 Å². The molecular weight excluding hydrogens is 432 g/mol. The Morgan fingerprint density at radius 1 is 1.31 bits per heavy atom. The summed E-state index contributed by atoms with van der Waals surface area (Å²) in [7, 11) is 1.61. The lowest BCUT2D eigenvalue weighted by Crippen LogP contribution is -2.32. The average Bonchev–Trinajstić information content (AvgIpc) is 3.36. The number of thiazole rings is 1. The number of carbonyl (C=O) groups excluding carboxylic acids is 1. The van der Waals surface area contributed by atoms with Crippen molar-refractivity contribution < 1.29 is 24.5 Å². The second-order valence-electron chi connectivity index (χ2n) is 7.62. The molecule has 0 aliphatic heterocycles. The molecule has 0 spiro atoms. The van der Waals surface area contributed by atoms with E-state index in [0.29, 0.717) is 34.7 Å². The van der Waals surface area contributed by atoms with E-state index >= 15 is 0 Å². The molecule has 3 aromatic rings. The quantitative estimate of drug-likeness (QED) is 0.446. The van der Waals surface area contributed by atoms with Gasteiger partial charge in [0.15, 0.2) is 11.4 Å². The van der Waals surface area contributed by atoms with Gasteiger partial charge in [0, 0.05) is 31.3 Å². The SMILES string of the molecule is COc1ccc(Cn2cc(-c3nc(N(CC(C)C)C(=O)O)sc3C=O)c(CCO)n2)cc1. The van der Waals surface area contributed by atoms with Crippen LogP contribution in [-0.2, 0) is 13.0 Å². The Balaban J connectivity index is 1.99. The number of methoxy groups -OCH3 is 1. The number of hydrogen-bond acceptors (Lipinski definition) is 7. The summed E-state index contributed by atoms with van der Waals surface area (Å²) in [5.74, 6) is 0.848. The Morgan fingerprint density at radius 3 is 2.59 bits per heavy atom. The normalized spacial score (nSPS) is 11.0. The zero-order chi connectivity index (χ0) is 23.3. The molecule has 1 amide bonds. The third-order valence-electron chi connectivity index (χ3n) is 4.70. The maximum atomic E-state index is 11.8. The fraction of sp³-hybridized carbons (Fsp3) is 0.364. The minimum absolute atomic E-state index is 0.0929. The van der Waals surface area contributed by atoms with Crippen LogP contribution in [0.2, 0.25) is 0 Å². The van der Waals surface area contributed by atoms with E-state index in [9.17, 15) is 19.8 Å². The largest absolute Gasteiger partial charge is 0.497 e. The molecule has 0 fully saturated rings. The number of carboxylic acid groups (broad SMARTS) is 1. The Kier molecular flexibility index (Phi) is 7.60. The maximum Gasteiger partial charge on any atom is 0.413 e. The molecule has 2 aromatic heterocycles. The molecule has 0 atom stereocenters. The van der Waals surface area contributed by atoms with Gasteiger partial charge in [0.25, 0.3) is 0 Å². The Morgan fingerprint density at radius 2 is 2.03 bits per heavy atom. The zero-order valence-electron chi connectivity index (χ0n) is 18.2. The van der Waals surface area contributed by atoms with Crippen LogP contribution in [0.4, 0.5) is 9.93 Å². The van der Waals surface area contributed by atoms with Crippen molar-refractivity contribution in [2.75, 3.05) is 25.2 Å². The lowest BCUT2D eigenvalue weighted by atomic mass is 10.1. The first-order valence-corrected chi connectivity index (χ1v) is 10.9. The molecule has 170 valence electrons. The van der Waals surface area contributed by atoms with Gasteiger partial charge in [-0.3, -0.25) is 14.4 Å². The first-order chi connectivity index (χ1) is 15.4. The molecule has 2 N–H and O–H groups in total. The summed E-state index contributed by atoms with van der Waals surface area (Å²) in [6, 6.07) is 7.59. The molecule has 1 aromatic carbocycles. The number of aliphatic hydroxyl groups is 1. The lowest BCUT2D eigenvalue weighted by molar-refractivity contribution is 0.112. The Hall–Kier alpha value is -3.24. The van der Waals surface area contributed by atoms with Gasteiger partial charge in [0.05, 0.1) is 29.9 Å². The van der Waals surface area contributed by atoms with E-state index in [4.69, 9.17) is 4.74 Å². The van der Waals surface area contributed by atoms with Crippen molar-refractivity contribution >= 4 is 28.8 Å². The number of ether oxygens (including phenoxy) is 1. The first kappa shape index (κ1) is 23.4. The third kappa shape index (κ3) is 5.32. The van der Waals surface area contributed by atoms with E-state index in [1.807, 2.05) is 38.1 Å². The number of anilines is 1. The van der Waals surface area contributed by atoms with Gasteiger partial charge < -0.3 is 14.9 Å². The molecule has 0 bridgehead atoms. The van der Waals surface area contributed by atoms with Crippen LogP contribution < -0.4 is 9.64 Å². The van der Waals surface area contributed by atoms with Gasteiger partial charge in [0.1, 0.15) is 5.75 Å². The minimum atomic E-state index is -1.12. The molecular formula is C22H26N4O5S. The zero-order valence-corrected chi connectivity index (χ0v) is 19.0. The molecule has 10 heteroatoms. The van der Waals surface area contributed by atoms with Crippen LogP contribution in [0, 0.1) is 5.92 Å². The van der Waals surface area contributed by atoms with Gasteiger partial charge in [-0.15, -0.1) is 0 Å². The minimum Gasteiger partial charge on any atom is -0.497 e. The molecule has 0 aliphatic rings. The lowest BCUT2D eigenvalue weighted by Gasteiger charge is -2.17. The topological polar surface area (TPSA) is 118 Å². The molecule has 32 heavy (non-hydrogen) atoms. The predicted molar refractivity (Wildman–Crippen MR) is 122 cm³/mol. The van der Waals surface area contributed by atoms with Crippen LogP contribution in [0.25, 0.3) is 11.3 Å². The van der Waals surface area contributed by atoms with Crippen molar-refractivity contribution in [2.45, 2.75) is 26.8 Å². The summed E-state index contributed by atoms with van der Waals surface area (Å²) in [4.78, 5) is 29.5. The predicted octanol–water partition coefficient (Wildman–Crippen LogP) is 3.55. The van der Waals surface area contributed by atoms with Crippen molar-refractivity contribution in [3.05, 3.63) is 46.6 Å². The number of aldehydes is 1. The number of hydrogen-bond donors (Lipinski definition) is 2. The number of carbonyl (C=O) groups is 2. The summed E-state index contributed by atoms with van der Waals surface area (Å²) in [6.07, 6.45) is 1.61. The van der Waals surface area contributed by atoms with Crippen LogP contribution in [-0.4, -0.2) is 57.6 Å². The van der Waals surface area contributed by atoms with E-state index in [0.717, 1.165) is 27.5 Å².